The summed E-state index contributed by atoms with van der Waals surface area (Å²) in [6.07, 6.45) is 3.67. The average Bonchev–Trinajstić information content (AvgIpc) is 2.05. The molecule has 0 aliphatic heterocycles. The number of rotatable bonds is 3. The molecule has 1 aromatic rings. The fraction of sp³-hybridized carbons (Fsp3) is 0.222. The van der Waals surface area contributed by atoms with Crippen LogP contribution in [0, 0.1) is 7.43 Å². The Bertz CT molecular complexity index is 258. The molecule has 0 amide bonds. The molecule has 1 nitrogen and oxygen atoms in total. The molecule has 1 heterocycles. The van der Waals surface area contributed by atoms with Crippen molar-refractivity contribution >= 4 is 24.0 Å². The maximum absolute atomic E-state index is 5.68. The van der Waals surface area contributed by atoms with E-state index in [0.717, 1.165) is 18.5 Å². The van der Waals surface area contributed by atoms with Crippen LogP contribution in [0.3, 0.4) is 0 Å². The zero-order chi connectivity index (χ0) is 8.81. The zero-order valence-electron chi connectivity index (χ0n) is 7.36. The van der Waals surface area contributed by atoms with Crippen LogP contribution in [0.1, 0.15) is 12.1 Å². The molecule has 1 aromatic heterocycles. The molecule has 0 radical (unpaired) electrons. The van der Waals surface area contributed by atoms with E-state index in [4.69, 9.17) is 19.4 Å². The van der Waals surface area contributed by atoms with Gasteiger partial charge in [-0.3, -0.25) is 0 Å². The van der Waals surface area contributed by atoms with Crippen LogP contribution < -0.4 is 0 Å². The molecule has 0 atom stereocenters. The number of aryl methyl sites for hydroxylation is 1. The molecular formula is C9H12Cl2NRu-. The van der Waals surface area contributed by atoms with Gasteiger partial charge in [-0.1, -0.05) is 0 Å². The summed E-state index contributed by atoms with van der Waals surface area (Å²) in [5.74, 6) is 0. The second-order valence-electron chi connectivity index (χ2n) is 2.21. The fourth-order valence-corrected chi connectivity index (χ4v) is 2.37. The van der Waals surface area contributed by atoms with E-state index in [2.05, 4.69) is 4.98 Å². The number of aromatic nitrogens is 1. The first-order valence-corrected chi connectivity index (χ1v) is 8.98. The monoisotopic (exact) mass is 306 g/mol. The Morgan fingerprint density at radius 1 is 1.38 bits per heavy atom. The average molecular weight is 306 g/mol. The van der Waals surface area contributed by atoms with Gasteiger partial charge in [-0.05, 0) is 0 Å². The van der Waals surface area contributed by atoms with Gasteiger partial charge in [-0.15, -0.1) is 0 Å². The summed E-state index contributed by atoms with van der Waals surface area (Å²) in [6, 6.07) is 5.90. The summed E-state index contributed by atoms with van der Waals surface area (Å²) >= 11 is -1.56. The second-order valence-corrected chi connectivity index (χ2v) is 8.14. The zero-order valence-corrected chi connectivity index (χ0v) is 10.6. The van der Waals surface area contributed by atoms with Gasteiger partial charge in [-0.25, -0.2) is 0 Å². The van der Waals surface area contributed by atoms with Crippen LogP contribution in [0.5, 0.6) is 0 Å². The van der Waals surface area contributed by atoms with Gasteiger partial charge in [0.05, 0.1) is 0 Å². The minimum atomic E-state index is -1.56. The van der Waals surface area contributed by atoms with Crippen molar-refractivity contribution in [1.29, 1.82) is 0 Å². The Hall–Kier alpha value is 0.223. The SMILES string of the molecule is [CH3-].[Cl][Ru]([Cl])=[CH]CCc1ccccn1. The number of halogens is 2. The van der Waals surface area contributed by atoms with Crippen LogP contribution in [-0.2, 0) is 19.9 Å². The molecule has 0 saturated carbocycles. The van der Waals surface area contributed by atoms with E-state index in [1.807, 2.05) is 22.8 Å². The van der Waals surface area contributed by atoms with Crippen LogP contribution in [-0.4, -0.2) is 9.59 Å². The summed E-state index contributed by atoms with van der Waals surface area (Å²) in [4.78, 5) is 4.19. The Morgan fingerprint density at radius 3 is 2.69 bits per heavy atom. The predicted octanol–water partition coefficient (Wildman–Crippen LogP) is 3.19. The molecule has 0 unspecified atom stereocenters. The van der Waals surface area contributed by atoms with Crippen molar-refractivity contribution in [2.75, 3.05) is 0 Å². The van der Waals surface area contributed by atoms with Crippen molar-refractivity contribution in [2.24, 2.45) is 0 Å². The van der Waals surface area contributed by atoms with Crippen molar-refractivity contribution < 1.29 is 13.5 Å². The van der Waals surface area contributed by atoms with Crippen molar-refractivity contribution in [3.8, 4) is 0 Å². The van der Waals surface area contributed by atoms with Gasteiger partial charge in [0.15, 0.2) is 0 Å². The molecule has 0 aromatic carbocycles. The van der Waals surface area contributed by atoms with Crippen LogP contribution >= 0.6 is 19.4 Å². The first-order chi connectivity index (χ1) is 5.79. The van der Waals surface area contributed by atoms with E-state index in [9.17, 15) is 0 Å². The molecule has 0 saturated heterocycles. The van der Waals surface area contributed by atoms with Gasteiger partial charge in [0.25, 0.3) is 0 Å². The fourth-order valence-electron chi connectivity index (χ4n) is 0.822. The minimum absolute atomic E-state index is 0. The third-order valence-corrected chi connectivity index (χ3v) is 3.67. The molecular weight excluding hydrogens is 294 g/mol. The predicted molar refractivity (Wildman–Crippen MR) is 56.7 cm³/mol. The van der Waals surface area contributed by atoms with Gasteiger partial charge < -0.3 is 7.43 Å². The Balaban J connectivity index is 0.00000144. The van der Waals surface area contributed by atoms with Gasteiger partial charge >= 0.3 is 85.4 Å². The topological polar surface area (TPSA) is 12.9 Å². The maximum atomic E-state index is 5.68. The second kappa shape index (κ2) is 7.61. The quantitative estimate of drug-likeness (QED) is 0.617. The third-order valence-electron chi connectivity index (χ3n) is 1.34. The summed E-state index contributed by atoms with van der Waals surface area (Å²) in [5, 5.41) is 0. The standard InChI is InChI=1S/C8H9N.CH3.2ClH.Ru/c1-2-5-8-6-3-4-7-9-8;;;;/h1,3-4,6-7H,2,5H2;1H3;2*1H;/q;-1;;;+2/p-2. The van der Waals surface area contributed by atoms with Crippen LogP contribution in [0.2, 0.25) is 0 Å². The van der Waals surface area contributed by atoms with Gasteiger partial charge in [0, 0.05) is 0 Å². The third kappa shape index (κ3) is 6.32. The molecule has 0 aliphatic carbocycles. The van der Waals surface area contributed by atoms with Crippen LogP contribution in [0.15, 0.2) is 24.4 Å². The van der Waals surface area contributed by atoms with E-state index < -0.39 is 13.5 Å². The van der Waals surface area contributed by atoms with E-state index in [-0.39, 0.29) is 7.43 Å². The number of hydrogen-bond donors (Lipinski definition) is 0. The number of pyridine rings is 1. The first-order valence-electron chi connectivity index (χ1n) is 3.50. The van der Waals surface area contributed by atoms with Crippen LogP contribution in [0.25, 0.3) is 0 Å². The number of hydrogen-bond acceptors (Lipinski definition) is 1. The summed E-state index contributed by atoms with van der Waals surface area (Å²) in [7, 11) is 11.4. The van der Waals surface area contributed by atoms with Crippen molar-refractivity contribution in [3.05, 3.63) is 37.5 Å². The van der Waals surface area contributed by atoms with E-state index in [1.54, 1.807) is 6.20 Å². The molecule has 0 fully saturated rings. The Kier molecular flexibility index (Phi) is 7.74. The van der Waals surface area contributed by atoms with Crippen LogP contribution in [0.4, 0.5) is 0 Å². The molecule has 0 N–H and O–H groups in total. The van der Waals surface area contributed by atoms with Crippen molar-refractivity contribution in [3.63, 3.8) is 0 Å². The molecule has 4 heteroatoms. The van der Waals surface area contributed by atoms with E-state index in [0.29, 0.717) is 0 Å². The van der Waals surface area contributed by atoms with Gasteiger partial charge in [0.2, 0.25) is 0 Å². The van der Waals surface area contributed by atoms with Crippen molar-refractivity contribution in [1.82, 2.24) is 4.98 Å². The molecule has 0 spiro atoms. The van der Waals surface area contributed by atoms with Crippen molar-refractivity contribution in [2.45, 2.75) is 12.8 Å². The summed E-state index contributed by atoms with van der Waals surface area (Å²) < 4.78 is 2.00. The number of nitrogens with zero attached hydrogens (tertiary/aromatic N) is 1. The summed E-state index contributed by atoms with van der Waals surface area (Å²) in [6.45, 7) is 0. The molecule has 0 aliphatic rings. The van der Waals surface area contributed by atoms with E-state index in [1.165, 1.54) is 0 Å². The molecule has 76 valence electrons. The summed E-state index contributed by atoms with van der Waals surface area (Å²) in [5.41, 5.74) is 1.09. The first kappa shape index (κ1) is 13.2. The molecule has 0 bridgehead atoms. The molecule has 1 rings (SSSR count). The Morgan fingerprint density at radius 2 is 2.15 bits per heavy atom. The molecule has 13 heavy (non-hydrogen) atoms. The Labute approximate surface area is 92.6 Å². The van der Waals surface area contributed by atoms with E-state index >= 15 is 0 Å². The van der Waals surface area contributed by atoms with Gasteiger partial charge in [-0.2, -0.15) is 0 Å². The normalized spacial score (nSPS) is 10.2. The van der Waals surface area contributed by atoms with Gasteiger partial charge in [0.1, 0.15) is 0 Å².